The summed E-state index contributed by atoms with van der Waals surface area (Å²) in [7, 11) is 0. The predicted molar refractivity (Wildman–Crippen MR) is 80.0 cm³/mol. The van der Waals surface area contributed by atoms with Crippen LogP contribution in [-0.2, 0) is 0 Å². The number of hydrogen-bond donors (Lipinski definition) is 3. The maximum absolute atomic E-state index is 6.17. The zero-order valence-corrected chi connectivity index (χ0v) is 11.7. The average Bonchev–Trinajstić information content (AvgIpc) is 2.36. The van der Waals surface area contributed by atoms with E-state index in [0.29, 0.717) is 28.4 Å². The van der Waals surface area contributed by atoms with E-state index in [-0.39, 0.29) is 5.25 Å². The highest BCUT2D eigenvalue weighted by molar-refractivity contribution is 7.99. The van der Waals surface area contributed by atoms with Crippen molar-refractivity contribution in [3.05, 3.63) is 40.9 Å². The second-order valence-corrected chi connectivity index (χ2v) is 5.44. The normalized spacial score (nSPS) is 12.3. The number of rotatable bonds is 4. The molecule has 0 radical (unpaired) electrons. The van der Waals surface area contributed by atoms with Crippen LogP contribution in [0.25, 0.3) is 0 Å². The van der Waals surface area contributed by atoms with Crippen LogP contribution in [-0.4, -0.2) is 16.5 Å². The van der Waals surface area contributed by atoms with Gasteiger partial charge < -0.3 is 17.2 Å². The van der Waals surface area contributed by atoms with Gasteiger partial charge in [-0.05, 0) is 11.6 Å². The summed E-state index contributed by atoms with van der Waals surface area (Å²) in [6.07, 6.45) is 0. The summed E-state index contributed by atoms with van der Waals surface area (Å²) >= 11 is 7.56. The van der Waals surface area contributed by atoms with Gasteiger partial charge in [0.1, 0.15) is 11.6 Å². The largest absolute Gasteiger partial charge is 0.383 e. The third-order valence-corrected chi connectivity index (χ3v) is 3.93. The van der Waals surface area contributed by atoms with E-state index >= 15 is 0 Å². The highest BCUT2D eigenvalue weighted by atomic mass is 35.5. The van der Waals surface area contributed by atoms with Gasteiger partial charge in [-0.2, -0.15) is 0 Å². The van der Waals surface area contributed by atoms with Crippen LogP contribution in [0.1, 0.15) is 10.8 Å². The quantitative estimate of drug-likeness (QED) is 0.589. The van der Waals surface area contributed by atoms with Crippen LogP contribution in [0.4, 0.5) is 11.6 Å². The molecule has 19 heavy (non-hydrogen) atoms. The van der Waals surface area contributed by atoms with Crippen molar-refractivity contribution in [2.75, 3.05) is 18.0 Å². The van der Waals surface area contributed by atoms with Crippen LogP contribution in [0.15, 0.2) is 35.5 Å². The molecule has 1 aromatic carbocycles. The van der Waals surface area contributed by atoms with E-state index in [1.165, 1.54) is 17.8 Å². The first-order chi connectivity index (χ1) is 9.10. The van der Waals surface area contributed by atoms with Gasteiger partial charge in [-0.1, -0.05) is 41.6 Å². The number of anilines is 2. The monoisotopic (exact) mass is 295 g/mol. The molecule has 100 valence electrons. The summed E-state index contributed by atoms with van der Waals surface area (Å²) < 4.78 is 0. The van der Waals surface area contributed by atoms with Gasteiger partial charge >= 0.3 is 0 Å². The zero-order valence-electron chi connectivity index (χ0n) is 10.1. The molecule has 6 N–H and O–H groups in total. The minimum atomic E-state index is -0.0464. The van der Waals surface area contributed by atoms with Gasteiger partial charge in [-0.25, -0.2) is 9.97 Å². The van der Waals surface area contributed by atoms with Crippen LogP contribution in [0.2, 0.25) is 5.02 Å². The topological polar surface area (TPSA) is 104 Å². The maximum atomic E-state index is 6.17. The summed E-state index contributed by atoms with van der Waals surface area (Å²) in [5, 5.41) is 1.12. The van der Waals surface area contributed by atoms with E-state index in [9.17, 15) is 0 Å². The lowest BCUT2D eigenvalue weighted by Gasteiger charge is -2.15. The number of aromatic nitrogens is 2. The molecule has 1 atom stereocenters. The third-order valence-electron chi connectivity index (χ3n) is 2.46. The lowest BCUT2D eigenvalue weighted by molar-refractivity contribution is 0.915. The molecule has 2 rings (SSSR count). The van der Waals surface area contributed by atoms with Crippen molar-refractivity contribution in [1.29, 1.82) is 0 Å². The Bertz CT molecular complexity index is 558. The molecular weight excluding hydrogens is 282 g/mol. The molecule has 1 aromatic heterocycles. The number of nitrogen functional groups attached to an aromatic ring is 2. The van der Waals surface area contributed by atoms with Gasteiger partial charge in [-0.3, -0.25) is 0 Å². The lowest BCUT2D eigenvalue weighted by atomic mass is 10.1. The molecule has 7 heteroatoms. The molecule has 1 unspecified atom stereocenters. The fourth-order valence-corrected chi connectivity index (χ4v) is 2.95. The van der Waals surface area contributed by atoms with Gasteiger partial charge in [0.05, 0.1) is 5.25 Å². The van der Waals surface area contributed by atoms with Gasteiger partial charge in [0, 0.05) is 17.6 Å². The second kappa shape index (κ2) is 6.10. The third kappa shape index (κ3) is 3.50. The fraction of sp³-hybridized carbons (Fsp3) is 0.167. The number of nitrogens with zero attached hydrogens (tertiary/aromatic N) is 2. The Labute approximate surface area is 120 Å². The molecule has 0 bridgehead atoms. The lowest BCUT2D eigenvalue weighted by Crippen LogP contribution is -2.11. The van der Waals surface area contributed by atoms with Gasteiger partial charge in [-0.15, -0.1) is 0 Å². The summed E-state index contributed by atoms with van der Waals surface area (Å²) in [6.45, 7) is 0.409. The van der Waals surface area contributed by atoms with Crippen molar-refractivity contribution in [2.45, 2.75) is 10.4 Å². The van der Waals surface area contributed by atoms with Crippen LogP contribution in [0, 0.1) is 0 Å². The molecule has 0 amide bonds. The number of thioether (sulfide) groups is 1. The predicted octanol–water partition coefficient (Wildman–Crippen LogP) is 2.09. The number of nitrogens with two attached hydrogens (primary N) is 3. The number of benzene rings is 1. The molecule has 0 saturated heterocycles. The van der Waals surface area contributed by atoms with Crippen LogP contribution in [0.3, 0.4) is 0 Å². The van der Waals surface area contributed by atoms with Crippen LogP contribution >= 0.6 is 23.4 Å². The Balaban J connectivity index is 2.26. The summed E-state index contributed by atoms with van der Waals surface area (Å²) in [5.74, 6) is 0.676. The molecule has 5 nitrogen and oxygen atoms in total. The standard InChI is InChI=1S/C12H14ClN5S/c13-8-4-2-1-3-7(8)9(6-14)19-12-17-10(15)5-11(16)18-12/h1-5,9H,6,14H2,(H4,15,16,17,18). The average molecular weight is 296 g/mol. The molecule has 0 saturated carbocycles. The Hall–Kier alpha value is -1.50. The van der Waals surface area contributed by atoms with Crippen molar-refractivity contribution in [3.63, 3.8) is 0 Å². The molecular formula is C12H14ClN5S. The minimum Gasteiger partial charge on any atom is -0.383 e. The fourth-order valence-electron chi connectivity index (χ4n) is 1.62. The molecule has 0 fully saturated rings. The smallest absolute Gasteiger partial charge is 0.192 e. The van der Waals surface area contributed by atoms with Gasteiger partial charge in [0.2, 0.25) is 0 Å². The number of halogens is 1. The first kappa shape index (κ1) is 13.9. The molecule has 0 aliphatic rings. The molecule has 0 aliphatic heterocycles. The van der Waals surface area contributed by atoms with Crippen molar-refractivity contribution in [1.82, 2.24) is 9.97 Å². The molecule has 0 aliphatic carbocycles. The minimum absolute atomic E-state index is 0.0464. The van der Waals surface area contributed by atoms with Gasteiger partial charge in [0.15, 0.2) is 5.16 Å². The summed E-state index contributed by atoms with van der Waals surface area (Å²) in [6, 6.07) is 9.06. The van der Waals surface area contributed by atoms with E-state index < -0.39 is 0 Å². The van der Waals surface area contributed by atoms with Crippen molar-refractivity contribution in [2.24, 2.45) is 5.73 Å². The molecule has 2 aromatic rings. The Morgan fingerprint density at radius 3 is 2.37 bits per heavy atom. The van der Waals surface area contributed by atoms with Crippen molar-refractivity contribution < 1.29 is 0 Å². The SMILES string of the molecule is NCC(Sc1nc(N)cc(N)n1)c1ccccc1Cl. The Morgan fingerprint density at radius 1 is 1.16 bits per heavy atom. The van der Waals surface area contributed by atoms with Crippen LogP contribution in [0.5, 0.6) is 0 Å². The summed E-state index contributed by atoms with van der Waals surface area (Å²) in [4.78, 5) is 8.26. The molecule has 0 spiro atoms. The second-order valence-electron chi connectivity index (χ2n) is 3.86. The Morgan fingerprint density at radius 2 is 1.79 bits per heavy atom. The van der Waals surface area contributed by atoms with Crippen molar-refractivity contribution in [3.8, 4) is 0 Å². The Kier molecular flexibility index (Phi) is 4.47. The van der Waals surface area contributed by atoms with Gasteiger partial charge in [0.25, 0.3) is 0 Å². The van der Waals surface area contributed by atoms with Crippen LogP contribution < -0.4 is 17.2 Å². The first-order valence-electron chi connectivity index (χ1n) is 5.61. The maximum Gasteiger partial charge on any atom is 0.192 e. The van der Waals surface area contributed by atoms with E-state index in [4.69, 9.17) is 28.8 Å². The number of hydrogen-bond acceptors (Lipinski definition) is 6. The first-order valence-corrected chi connectivity index (χ1v) is 6.87. The van der Waals surface area contributed by atoms with E-state index in [1.54, 1.807) is 0 Å². The van der Waals surface area contributed by atoms with E-state index in [1.807, 2.05) is 24.3 Å². The summed E-state index contributed by atoms with van der Waals surface area (Å²) in [5.41, 5.74) is 18.0. The van der Waals surface area contributed by atoms with Crippen molar-refractivity contribution >= 4 is 35.0 Å². The zero-order chi connectivity index (χ0) is 13.8. The van der Waals surface area contributed by atoms with E-state index in [2.05, 4.69) is 9.97 Å². The highest BCUT2D eigenvalue weighted by Crippen LogP contribution is 2.36. The van der Waals surface area contributed by atoms with E-state index in [0.717, 1.165) is 5.56 Å². The molecule has 1 heterocycles. The highest BCUT2D eigenvalue weighted by Gasteiger charge is 2.16.